The molecule has 0 aliphatic heterocycles. The Morgan fingerprint density at radius 2 is 1.89 bits per heavy atom. The maximum absolute atomic E-state index is 11.5. The van der Waals surface area contributed by atoms with Crippen molar-refractivity contribution >= 4 is 30.7 Å². The summed E-state index contributed by atoms with van der Waals surface area (Å²) in [7, 11) is 1.66. The Hall–Kier alpha value is -0.880. The van der Waals surface area contributed by atoms with Gasteiger partial charge >= 0.3 is 0 Å². The van der Waals surface area contributed by atoms with Crippen LogP contribution in [0.1, 0.15) is 10.4 Å². The normalized spacial score (nSPS) is 8.94. The van der Waals surface area contributed by atoms with E-state index in [0.717, 1.165) is 13.1 Å². The molecule has 0 saturated carbocycles. The fraction of sp³-hybridized carbons (Fsp3) is 0.455. The minimum absolute atomic E-state index is 0. The monoisotopic (exact) mass is 295 g/mol. The fourth-order valence-corrected chi connectivity index (χ4v) is 1.17. The van der Waals surface area contributed by atoms with Crippen LogP contribution >= 0.6 is 24.8 Å². The molecule has 2 N–H and O–H groups in total. The lowest BCUT2D eigenvalue weighted by Gasteiger charge is -2.06. The number of methoxy groups -OCH3 is 1. The first-order chi connectivity index (χ1) is 7.84. The molecule has 0 saturated heterocycles. The zero-order valence-corrected chi connectivity index (χ0v) is 11.9. The van der Waals surface area contributed by atoms with E-state index in [4.69, 9.17) is 4.74 Å². The minimum Gasteiger partial charge on any atom is -0.383 e. The van der Waals surface area contributed by atoms with Gasteiger partial charge in [-0.05, 0) is 12.1 Å². The molecule has 0 unspecified atom stereocenters. The number of aromatic nitrogens is 1. The molecule has 1 aromatic heterocycles. The maximum atomic E-state index is 11.5. The molecule has 0 bridgehead atoms. The van der Waals surface area contributed by atoms with Gasteiger partial charge in [0.2, 0.25) is 0 Å². The van der Waals surface area contributed by atoms with Gasteiger partial charge in [0.25, 0.3) is 5.91 Å². The number of pyridine rings is 1. The number of amides is 1. The Morgan fingerprint density at radius 3 is 2.50 bits per heavy atom. The third-order valence-corrected chi connectivity index (χ3v) is 2.01. The highest BCUT2D eigenvalue weighted by atomic mass is 35.5. The lowest BCUT2D eigenvalue weighted by atomic mass is 10.2. The number of hydrogen-bond donors (Lipinski definition) is 2. The summed E-state index contributed by atoms with van der Waals surface area (Å²) in [5, 5.41) is 5.95. The number of halogens is 2. The Balaban J connectivity index is 0. The van der Waals surface area contributed by atoms with Crippen LogP contribution < -0.4 is 10.6 Å². The Morgan fingerprint density at radius 1 is 1.22 bits per heavy atom. The van der Waals surface area contributed by atoms with Crippen molar-refractivity contribution in [2.75, 3.05) is 33.4 Å². The van der Waals surface area contributed by atoms with Gasteiger partial charge in [-0.2, -0.15) is 0 Å². The summed E-state index contributed by atoms with van der Waals surface area (Å²) in [4.78, 5) is 15.4. The van der Waals surface area contributed by atoms with Crippen molar-refractivity contribution in [3.05, 3.63) is 30.1 Å². The molecule has 0 atom stereocenters. The summed E-state index contributed by atoms with van der Waals surface area (Å²) in [5.41, 5.74) is 0.631. The van der Waals surface area contributed by atoms with Crippen molar-refractivity contribution in [1.29, 1.82) is 0 Å². The summed E-state index contributed by atoms with van der Waals surface area (Å²) in [5.74, 6) is -0.0732. The summed E-state index contributed by atoms with van der Waals surface area (Å²) in [6, 6.07) is 3.38. The Bertz CT molecular complexity index is 312. The molecule has 7 heteroatoms. The summed E-state index contributed by atoms with van der Waals surface area (Å²) in [6.07, 6.45) is 3.21. The zero-order chi connectivity index (χ0) is 11.6. The van der Waals surface area contributed by atoms with Gasteiger partial charge in [0.1, 0.15) is 0 Å². The molecule has 1 aromatic rings. The van der Waals surface area contributed by atoms with Gasteiger partial charge in [0, 0.05) is 44.7 Å². The van der Waals surface area contributed by atoms with Crippen molar-refractivity contribution in [2.24, 2.45) is 0 Å². The van der Waals surface area contributed by atoms with Crippen molar-refractivity contribution < 1.29 is 9.53 Å². The van der Waals surface area contributed by atoms with E-state index >= 15 is 0 Å². The standard InChI is InChI=1S/C11H17N3O2.2ClH/c1-16-9-8-13-6-7-14-11(15)10-2-4-12-5-3-10;;/h2-5,13H,6-9H2,1H3,(H,14,15);2*1H. The molecule has 104 valence electrons. The van der Waals surface area contributed by atoms with Crippen molar-refractivity contribution in [3.8, 4) is 0 Å². The molecule has 0 fully saturated rings. The number of nitrogens with one attached hydrogen (secondary N) is 2. The molecule has 1 amide bonds. The van der Waals surface area contributed by atoms with Gasteiger partial charge in [0.05, 0.1) is 6.61 Å². The van der Waals surface area contributed by atoms with Crippen LogP contribution in [0, 0.1) is 0 Å². The van der Waals surface area contributed by atoms with Gasteiger partial charge in [-0.15, -0.1) is 24.8 Å². The van der Waals surface area contributed by atoms with E-state index in [-0.39, 0.29) is 30.7 Å². The topological polar surface area (TPSA) is 63.2 Å². The van der Waals surface area contributed by atoms with Crippen molar-refractivity contribution in [2.45, 2.75) is 0 Å². The van der Waals surface area contributed by atoms with Crippen LogP contribution in [0.5, 0.6) is 0 Å². The van der Waals surface area contributed by atoms with Crippen LogP contribution in [0.15, 0.2) is 24.5 Å². The molecule has 1 heterocycles. The first kappa shape index (κ1) is 19.5. The number of carbonyl (C=O) groups excluding carboxylic acids is 1. The molecule has 0 spiro atoms. The number of carbonyl (C=O) groups is 1. The average molecular weight is 296 g/mol. The van der Waals surface area contributed by atoms with Crippen LogP contribution in [-0.2, 0) is 4.74 Å². The minimum atomic E-state index is -0.0732. The number of nitrogens with zero attached hydrogens (tertiary/aromatic N) is 1. The Labute approximate surface area is 120 Å². The fourth-order valence-electron chi connectivity index (χ4n) is 1.17. The third-order valence-electron chi connectivity index (χ3n) is 2.01. The second kappa shape index (κ2) is 12.6. The average Bonchev–Trinajstić information content (AvgIpc) is 2.34. The number of ether oxygens (including phenoxy) is 1. The summed E-state index contributed by atoms with van der Waals surface area (Å²) >= 11 is 0. The summed E-state index contributed by atoms with van der Waals surface area (Å²) < 4.78 is 4.88. The SMILES string of the molecule is COCCNCCNC(=O)c1ccncc1.Cl.Cl. The zero-order valence-electron chi connectivity index (χ0n) is 10.2. The van der Waals surface area contributed by atoms with Gasteiger partial charge in [0.15, 0.2) is 0 Å². The van der Waals surface area contributed by atoms with Crippen LogP contribution in [-0.4, -0.2) is 44.2 Å². The molecule has 0 radical (unpaired) electrons. The van der Waals surface area contributed by atoms with Crippen LogP contribution in [0.3, 0.4) is 0 Å². The highest BCUT2D eigenvalue weighted by molar-refractivity contribution is 5.93. The quantitative estimate of drug-likeness (QED) is 0.734. The smallest absolute Gasteiger partial charge is 0.251 e. The van der Waals surface area contributed by atoms with Gasteiger partial charge in [-0.3, -0.25) is 9.78 Å². The first-order valence-corrected chi connectivity index (χ1v) is 5.22. The predicted molar refractivity (Wildman–Crippen MR) is 75.8 cm³/mol. The number of hydrogen-bond acceptors (Lipinski definition) is 4. The molecular formula is C11H19Cl2N3O2. The van der Waals surface area contributed by atoms with E-state index in [1.165, 1.54) is 0 Å². The lowest BCUT2D eigenvalue weighted by Crippen LogP contribution is -2.33. The Kier molecular flexibility index (Phi) is 13.6. The van der Waals surface area contributed by atoms with Crippen molar-refractivity contribution in [1.82, 2.24) is 15.6 Å². The van der Waals surface area contributed by atoms with E-state index in [2.05, 4.69) is 15.6 Å². The molecule has 1 rings (SSSR count). The second-order valence-electron chi connectivity index (χ2n) is 3.23. The highest BCUT2D eigenvalue weighted by Crippen LogP contribution is 1.94. The molecule has 0 aliphatic rings. The predicted octanol–water partition coefficient (Wildman–Crippen LogP) is 0.891. The molecule has 0 aliphatic carbocycles. The first-order valence-electron chi connectivity index (χ1n) is 5.22. The second-order valence-corrected chi connectivity index (χ2v) is 3.23. The van der Waals surface area contributed by atoms with Crippen LogP contribution in [0.25, 0.3) is 0 Å². The van der Waals surface area contributed by atoms with Crippen LogP contribution in [0.4, 0.5) is 0 Å². The van der Waals surface area contributed by atoms with E-state index in [0.29, 0.717) is 18.7 Å². The maximum Gasteiger partial charge on any atom is 0.251 e. The molecular weight excluding hydrogens is 277 g/mol. The van der Waals surface area contributed by atoms with Crippen LogP contribution in [0.2, 0.25) is 0 Å². The molecule has 5 nitrogen and oxygen atoms in total. The van der Waals surface area contributed by atoms with Gasteiger partial charge < -0.3 is 15.4 Å². The molecule has 0 aromatic carbocycles. The highest BCUT2D eigenvalue weighted by Gasteiger charge is 2.02. The van der Waals surface area contributed by atoms with E-state index < -0.39 is 0 Å². The number of rotatable bonds is 7. The largest absolute Gasteiger partial charge is 0.383 e. The van der Waals surface area contributed by atoms with E-state index in [9.17, 15) is 4.79 Å². The van der Waals surface area contributed by atoms with Crippen molar-refractivity contribution in [3.63, 3.8) is 0 Å². The van der Waals surface area contributed by atoms with E-state index in [1.807, 2.05) is 0 Å². The summed E-state index contributed by atoms with van der Waals surface area (Å²) in [6.45, 7) is 2.81. The molecule has 18 heavy (non-hydrogen) atoms. The van der Waals surface area contributed by atoms with Gasteiger partial charge in [-0.25, -0.2) is 0 Å². The van der Waals surface area contributed by atoms with E-state index in [1.54, 1.807) is 31.6 Å². The van der Waals surface area contributed by atoms with Gasteiger partial charge in [-0.1, -0.05) is 0 Å². The third kappa shape index (κ3) is 8.25. The lowest BCUT2D eigenvalue weighted by molar-refractivity contribution is 0.0953.